The molecule has 0 aromatic carbocycles. The second-order valence-electron chi connectivity index (χ2n) is 5.88. The van der Waals surface area contributed by atoms with Gasteiger partial charge in [-0.15, -0.1) is 5.10 Å². The van der Waals surface area contributed by atoms with Crippen molar-refractivity contribution in [1.29, 1.82) is 0 Å². The van der Waals surface area contributed by atoms with E-state index >= 15 is 0 Å². The highest BCUT2D eigenvalue weighted by Crippen LogP contribution is 2.28. The van der Waals surface area contributed by atoms with Crippen LogP contribution in [0.4, 0.5) is 5.82 Å². The molecule has 4 heterocycles. The van der Waals surface area contributed by atoms with Crippen LogP contribution in [-0.2, 0) is 0 Å². The van der Waals surface area contributed by atoms with Crippen molar-refractivity contribution in [3.63, 3.8) is 0 Å². The lowest BCUT2D eigenvalue weighted by Gasteiger charge is -2.24. The quantitative estimate of drug-likeness (QED) is 0.764. The maximum Gasteiger partial charge on any atom is 0.222 e. The molecule has 3 aromatic heterocycles. The summed E-state index contributed by atoms with van der Waals surface area (Å²) in [7, 11) is 1.62. The van der Waals surface area contributed by atoms with Crippen molar-refractivity contribution in [3.8, 4) is 17.1 Å². The number of nitrogens with one attached hydrogen (secondary N) is 2. The van der Waals surface area contributed by atoms with Crippen molar-refractivity contribution in [3.05, 3.63) is 36.7 Å². The summed E-state index contributed by atoms with van der Waals surface area (Å²) in [4.78, 5) is 8.70. The molecule has 1 aliphatic heterocycles. The van der Waals surface area contributed by atoms with Gasteiger partial charge >= 0.3 is 0 Å². The molecule has 0 saturated carbocycles. The summed E-state index contributed by atoms with van der Waals surface area (Å²) in [6, 6.07) is 8.19. The first-order valence-corrected chi connectivity index (χ1v) is 8.16. The largest absolute Gasteiger partial charge is 0.481 e. The minimum Gasteiger partial charge on any atom is -0.481 e. The molecule has 0 amide bonds. The third kappa shape index (κ3) is 2.78. The molecule has 1 atom stereocenters. The summed E-state index contributed by atoms with van der Waals surface area (Å²) in [6.07, 6.45) is 5.85. The Labute approximate surface area is 140 Å². The van der Waals surface area contributed by atoms with Gasteiger partial charge in [-0.05, 0) is 43.7 Å². The van der Waals surface area contributed by atoms with Crippen molar-refractivity contribution in [2.45, 2.75) is 18.9 Å². The van der Waals surface area contributed by atoms with E-state index < -0.39 is 0 Å². The summed E-state index contributed by atoms with van der Waals surface area (Å²) in [5.74, 6) is 1.41. The molecule has 1 saturated heterocycles. The Morgan fingerprint density at radius 3 is 3.08 bits per heavy atom. The van der Waals surface area contributed by atoms with Crippen molar-refractivity contribution >= 4 is 11.5 Å². The molecule has 4 rings (SSSR count). The smallest absolute Gasteiger partial charge is 0.222 e. The molecular weight excluding hydrogens is 304 g/mol. The normalized spacial score (nSPS) is 17.8. The van der Waals surface area contributed by atoms with Crippen LogP contribution in [0.15, 0.2) is 36.7 Å². The minimum atomic E-state index is 0.406. The van der Waals surface area contributed by atoms with Gasteiger partial charge < -0.3 is 15.4 Å². The zero-order chi connectivity index (χ0) is 16.4. The molecule has 2 N–H and O–H groups in total. The fourth-order valence-electron chi connectivity index (χ4n) is 3.07. The van der Waals surface area contributed by atoms with E-state index in [1.54, 1.807) is 19.5 Å². The van der Waals surface area contributed by atoms with Crippen LogP contribution in [0.2, 0.25) is 0 Å². The summed E-state index contributed by atoms with van der Waals surface area (Å²) in [6.45, 7) is 2.06. The van der Waals surface area contributed by atoms with Gasteiger partial charge in [0.15, 0.2) is 5.65 Å². The van der Waals surface area contributed by atoms with Crippen LogP contribution in [0.1, 0.15) is 12.8 Å². The molecule has 7 heteroatoms. The van der Waals surface area contributed by atoms with Gasteiger partial charge in [0.2, 0.25) is 5.88 Å². The Kier molecular flexibility index (Phi) is 4.00. The van der Waals surface area contributed by atoms with Gasteiger partial charge in [0, 0.05) is 18.8 Å². The third-order valence-corrected chi connectivity index (χ3v) is 4.25. The fraction of sp³-hybridized carbons (Fsp3) is 0.353. The summed E-state index contributed by atoms with van der Waals surface area (Å²) < 4.78 is 7.20. The number of pyridine rings is 1. The van der Waals surface area contributed by atoms with Crippen LogP contribution in [0, 0.1) is 0 Å². The highest BCUT2D eigenvalue weighted by molar-refractivity contribution is 5.68. The fourth-order valence-corrected chi connectivity index (χ4v) is 3.07. The molecular formula is C17H20N6O. The highest BCUT2D eigenvalue weighted by atomic mass is 16.5. The number of anilines is 1. The van der Waals surface area contributed by atoms with Gasteiger partial charge in [0.1, 0.15) is 5.82 Å². The molecule has 0 radical (unpaired) electrons. The molecule has 1 fully saturated rings. The van der Waals surface area contributed by atoms with Gasteiger partial charge in [-0.25, -0.2) is 14.5 Å². The van der Waals surface area contributed by atoms with E-state index in [0.29, 0.717) is 11.9 Å². The first kappa shape index (κ1) is 14.9. The predicted octanol–water partition coefficient (Wildman–Crippen LogP) is 1.96. The second kappa shape index (κ2) is 6.45. The lowest BCUT2D eigenvalue weighted by molar-refractivity contribution is 0.399. The third-order valence-electron chi connectivity index (χ3n) is 4.25. The van der Waals surface area contributed by atoms with Gasteiger partial charge in [0.25, 0.3) is 0 Å². The maximum atomic E-state index is 5.37. The Hall–Kier alpha value is -2.67. The van der Waals surface area contributed by atoms with Gasteiger partial charge in [0.05, 0.1) is 24.6 Å². The number of methoxy groups -OCH3 is 1. The van der Waals surface area contributed by atoms with Crippen molar-refractivity contribution < 1.29 is 4.74 Å². The SMILES string of the molecule is COc1ncccc1-c1cnc2ccc(N[C@@H]3CCCNC3)nn12. The molecule has 0 unspecified atom stereocenters. The number of hydrogen-bond donors (Lipinski definition) is 2. The maximum absolute atomic E-state index is 5.37. The summed E-state index contributed by atoms with van der Waals surface area (Å²) in [5.41, 5.74) is 2.53. The first-order chi connectivity index (χ1) is 11.8. The molecule has 0 aliphatic carbocycles. The van der Waals surface area contributed by atoms with Crippen LogP contribution in [0.3, 0.4) is 0 Å². The average molecular weight is 324 g/mol. The Balaban J connectivity index is 1.70. The van der Waals surface area contributed by atoms with Gasteiger partial charge in [-0.1, -0.05) is 0 Å². The van der Waals surface area contributed by atoms with E-state index in [1.165, 1.54) is 6.42 Å². The Morgan fingerprint density at radius 2 is 2.25 bits per heavy atom. The van der Waals surface area contributed by atoms with E-state index in [1.807, 2.05) is 28.8 Å². The number of piperidine rings is 1. The molecule has 24 heavy (non-hydrogen) atoms. The number of fused-ring (bicyclic) bond motifs is 1. The lowest BCUT2D eigenvalue weighted by Crippen LogP contribution is -2.38. The van der Waals surface area contributed by atoms with Crippen LogP contribution < -0.4 is 15.4 Å². The number of imidazole rings is 1. The molecule has 0 bridgehead atoms. The topological polar surface area (TPSA) is 76.4 Å². The van der Waals surface area contributed by atoms with Crippen molar-refractivity contribution in [1.82, 2.24) is 24.9 Å². The number of aromatic nitrogens is 4. The molecule has 0 spiro atoms. The zero-order valence-electron chi connectivity index (χ0n) is 13.6. The van der Waals surface area contributed by atoms with Crippen LogP contribution in [0.5, 0.6) is 5.88 Å². The number of hydrogen-bond acceptors (Lipinski definition) is 6. The van der Waals surface area contributed by atoms with Crippen LogP contribution >= 0.6 is 0 Å². The molecule has 1 aliphatic rings. The van der Waals surface area contributed by atoms with E-state index in [2.05, 4.69) is 20.6 Å². The number of ether oxygens (including phenoxy) is 1. The molecule has 3 aromatic rings. The van der Waals surface area contributed by atoms with Crippen molar-refractivity contribution in [2.75, 3.05) is 25.5 Å². The summed E-state index contributed by atoms with van der Waals surface area (Å²) in [5, 5.41) is 11.6. The predicted molar refractivity (Wildman–Crippen MR) is 92.3 cm³/mol. The van der Waals surface area contributed by atoms with Crippen molar-refractivity contribution in [2.24, 2.45) is 0 Å². The average Bonchev–Trinajstić information content (AvgIpc) is 3.05. The standard InChI is InChI=1S/C17H20N6O/c1-24-17-13(5-3-9-19-17)14-11-20-16-7-6-15(22-23(14)16)21-12-4-2-8-18-10-12/h3,5-7,9,11-12,18H,2,4,8,10H2,1H3,(H,21,22)/t12-/m1/s1. The molecule has 124 valence electrons. The Morgan fingerprint density at radius 1 is 1.29 bits per heavy atom. The first-order valence-electron chi connectivity index (χ1n) is 8.16. The second-order valence-corrected chi connectivity index (χ2v) is 5.88. The van der Waals surface area contributed by atoms with E-state index in [-0.39, 0.29) is 0 Å². The number of rotatable bonds is 4. The van der Waals surface area contributed by atoms with Crippen LogP contribution in [-0.4, -0.2) is 45.8 Å². The highest BCUT2D eigenvalue weighted by Gasteiger charge is 2.15. The molecule has 7 nitrogen and oxygen atoms in total. The van der Waals surface area contributed by atoms with E-state index in [4.69, 9.17) is 9.84 Å². The summed E-state index contributed by atoms with van der Waals surface area (Å²) >= 11 is 0. The Bertz CT molecular complexity index is 840. The zero-order valence-corrected chi connectivity index (χ0v) is 13.6. The number of nitrogens with zero attached hydrogens (tertiary/aromatic N) is 4. The van der Waals surface area contributed by atoms with Gasteiger partial charge in [-0.3, -0.25) is 0 Å². The monoisotopic (exact) mass is 324 g/mol. The van der Waals surface area contributed by atoms with E-state index in [9.17, 15) is 0 Å². The minimum absolute atomic E-state index is 0.406. The van der Waals surface area contributed by atoms with Gasteiger partial charge in [-0.2, -0.15) is 0 Å². The lowest BCUT2D eigenvalue weighted by atomic mass is 10.1. The van der Waals surface area contributed by atoms with Crippen LogP contribution in [0.25, 0.3) is 16.9 Å². The van der Waals surface area contributed by atoms with E-state index in [0.717, 1.165) is 42.2 Å².